The van der Waals surface area contributed by atoms with Crippen molar-refractivity contribution in [2.24, 2.45) is 11.8 Å². The van der Waals surface area contributed by atoms with Crippen molar-refractivity contribution in [3.63, 3.8) is 0 Å². The fourth-order valence-corrected chi connectivity index (χ4v) is 2.39. The van der Waals surface area contributed by atoms with Gasteiger partial charge in [-0.1, -0.05) is 6.08 Å². The predicted molar refractivity (Wildman–Crippen MR) is 92.6 cm³/mol. The van der Waals surface area contributed by atoms with Gasteiger partial charge in [0.25, 0.3) is 5.91 Å². The number of ether oxygens (including phenoxy) is 2. The minimum atomic E-state index is -1.58. The van der Waals surface area contributed by atoms with Gasteiger partial charge in [-0.05, 0) is 24.3 Å². The number of allylic oxidation sites excluding steroid dienone is 2. The van der Waals surface area contributed by atoms with Crippen LogP contribution in [0.4, 0.5) is 4.39 Å². The number of carbonyl (C=O) groups is 2. The van der Waals surface area contributed by atoms with Gasteiger partial charge < -0.3 is 19.9 Å². The van der Waals surface area contributed by atoms with Gasteiger partial charge in [-0.15, -0.1) is 0 Å². The number of aliphatic hydroxyl groups excluding tert-OH is 1. The van der Waals surface area contributed by atoms with Crippen LogP contribution in [0.15, 0.2) is 42.1 Å². The zero-order chi connectivity index (χ0) is 20.7. The van der Waals surface area contributed by atoms with Crippen LogP contribution in [0.2, 0.25) is 0 Å². The summed E-state index contributed by atoms with van der Waals surface area (Å²) in [5.41, 5.74) is 0.0628. The molecule has 8 nitrogen and oxygen atoms in total. The quantitative estimate of drug-likeness (QED) is 0.696. The molecule has 0 heterocycles. The SMILES string of the molecule is COC(=O)C1C=C(NC(=O)[C@@H](O)COc2ccc(C#N)c(F)c2)C=CC1C#N. The van der Waals surface area contributed by atoms with Crippen molar-refractivity contribution in [3.8, 4) is 17.9 Å². The van der Waals surface area contributed by atoms with E-state index in [4.69, 9.17) is 15.3 Å². The van der Waals surface area contributed by atoms with Crippen molar-refractivity contribution < 1.29 is 28.6 Å². The smallest absolute Gasteiger partial charge is 0.314 e. The third-order valence-electron chi connectivity index (χ3n) is 3.89. The number of halogens is 1. The highest BCUT2D eigenvalue weighted by Gasteiger charge is 2.29. The van der Waals surface area contributed by atoms with E-state index in [1.165, 1.54) is 37.5 Å². The number of methoxy groups -OCH3 is 1. The number of amides is 1. The minimum absolute atomic E-state index is 0.0442. The maximum Gasteiger partial charge on any atom is 0.314 e. The van der Waals surface area contributed by atoms with Crippen LogP contribution in [0.25, 0.3) is 0 Å². The molecule has 0 bridgehead atoms. The number of hydrogen-bond acceptors (Lipinski definition) is 7. The molecular weight excluding hydrogens is 369 g/mol. The molecule has 0 radical (unpaired) electrons. The number of nitriles is 2. The van der Waals surface area contributed by atoms with Gasteiger partial charge >= 0.3 is 5.97 Å². The first-order chi connectivity index (χ1) is 13.4. The summed E-state index contributed by atoms with van der Waals surface area (Å²) >= 11 is 0. The lowest BCUT2D eigenvalue weighted by Crippen LogP contribution is -2.38. The zero-order valence-electron chi connectivity index (χ0n) is 14.8. The van der Waals surface area contributed by atoms with E-state index < -0.39 is 42.2 Å². The van der Waals surface area contributed by atoms with E-state index in [2.05, 4.69) is 10.1 Å². The average Bonchev–Trinajstić information content (AvgIpc) is 2.71. The number of esters is 1. The Balaban J connectivity index is 1.96. The summed E-state index contributed by atoms with van der Waals surface area (Å²) in [6, 6.07) is 7.14. The molecule has 0 saturated carbocycles. The molecule has 1 aliphatic rings. The van der Waals surface area contributed by atoms with Crippen molar-refractivity contribution in [3.05, 3.63) is 53.5 Å². The molecule has 2 N–H and O–H groups in total. The minimum Gasteiger partial charge on any atom is -0.490 e. The van der Waals surface area contributed by atoms with Gasteiger partial charge in [-0.25, -0.2) is 4.39 Å². The maximum absolute atomic E-state index is 13.5. The van der Waals surface area contributed by atoms with Crippen LogP contribution in [-0.2, 0) is 14.3 Å². The monoisotopic (exact) mass is 385 g/mol. The van der Waals surface area contributed by atoms with E-state index in [1.807, 2.05) is 6.07 Å². The van der Waals surface area contributed by atoms with E-state index in [0.717, 1.165) is 6.07 Å². The zero-order valence-corrected chi connectivity index (χ0v) is 14.8. The third kappa shape index (κ3) is 4.93. The molecule has 3 atom stereocenters. The Morgan fingerprint density at radius 1 is 1.39 bits per heavy atom. The number of carbonyl (C=O) groups excluding carboxylic acids is 2. The highest BCUT2D eigenvalue weighted by molar-refractivity contribution is 5.83. The molecule has 1 aliphatic carbocycles. The lowest BCUT2D eigenvalue weighted by atomic mass is 9.88. The lowest BCUT2D eigenvalue weighted by molar-refractivity contribution is -0.144. The number of nitrogens with one attached hydrogen (secondary N) is 1. The molecule has 1 amide bonds. The number of nitrogens with zero attached hydrogens (tertiary/aromatic N) is 2. The number of benzene rings is 1. The Morgan fingerprint density at radius 2 is 2.14 bits per heavy atom. The van der Waals surface area contributed by atoms with Gasteiger partial charge in [0, 0.05) is 11.8 Å². The van der Waals surface area contributed by atoms with Crippen molar-refractivity contribution in [2.45, 2.75) is 6.10 Å². The first-order valence-electron chi connectivity index (χ1n) is 8.08. The Labute approximate surface area is 160 Å². The Morgan fingerprint density at radius 3 is 2.75 bits per heavy atom. The van der Waals surface area contributed by atoms with Crippen LogP contribution in [0.3, 0.4) is 0 Å². The van der Waals surface area contributed by atoms with Gasteiger partial charge in [-0.3, -0.25) is 9.59 Å². The van der Waals surface area contributed by atoms with Crippen molar-refractivity contribution in [1.82, 2.24) is 5.32 Å². The fraction of sp³-hybridized carbons (Fsp3) is 0.263. The summed E-state index contributed by atoms with van der Waals surface area (Å²) < 4.78 is 23.3. The van der Waals surface area contributed by atoms with Crippen LogP contribution in [0, 0.1) is 40.3 Å². The van der Waals surface area contributed by atoms with Crippen molar-refractivity contribution in [1.29, 1.82) is 10.5 Å². The van der Waals surface area contributed by atoms with Crippen molar-refractivity contribution >= 4 is 11.9 Å². The highest BCUT2D eigenvalue weighted by Crippen LogP contribution is 2.23. The first-order valence-corrected chi connectivity index (χ1v) is 8.08. The Bertz CT molecular complexity index is 913. The fourth-order valence-electron chi connectivity index (χ4n) is 2.39. The third-order valence-corrected chi connectivity index (χ3v) is 3.89. The summed E-state index contributed by atoms with van der Waals surface area (Å²) in [5.74, 6) is -3.79. The van der Waals surface area contributed by atoms with E-state index in [0.29, 0.717) is 0 Å². The van der Waals surface area contributed by atoms with Crippen LogP contribution in [0.1, 0.15) is 5.56 Å². The standard InChI is InChI=1S/C19H16FN3O5/c1-27-19(26)15-6-13(4-2-11(15)8-21)23-18(25)17(24)10-28-14-5-3-12(9-22)16(20)7-14/h2-7,11,15,17,24H,10H2,1H3,(H,23,25)/t11?,15?,17-/m0/s1. The van der Waals surface area contributed by atoms with E-state index >= 15 is 0 Å². The summed E-state index contributed by atoms with van der Waals surface area (Å²) in [6.45, 7) is -0.463. The van der Waals surface area contributed by atoms with Gasteiger partial charge in [0.05, 0.1) is 30.6 Å². The second kappa shape index (κ2) is 9.31. The maximum atomic E-state index is 13.5. The van der Waals surface area contributed by atoms with E-state index in [-0.39, 0.29) is 17.0 Å². The topological polar surface area (TPSA) is 132 Å². The Kier molecular flexibility index (Phi) is 6.85. The molecule has 0 saturated heterocycles. The molecule has 144 valence electrons. The highest BCUT2D eigenvalue weighted by atomic mass is 19.1. The molecule has 0 aliphatic heterocycles. The number of hydrogen-bond donors (Lipinski definition) is 2. The predicted octanol–water partition coefficient (Wildman–Crippen LogP) is 0.936. The second-order valence-electron chi connectivity index (χ2n) is 5.75. The van der Waals surface area contributed by atoms with Gasteiger partial charge in [-0.2, -0.15) is 10.5 Å². The second-order valence-corrected chi connectivity index (χ2v) is 5.75. The van der Waals surface area contributed by atoms with Gasteiger partial charge in [0.15, 0.2) is 6.10 Å². The normalized spacial score (nSPS) is 18.8. The first kappa shape index (κ1) is 20.6. The van der Waals surface area contributed by atoms with Crippen LogP contribution in [-0.4, -0.2) is 36.8 Å². The van der Waals surface area contributed by atoms with E-state index in [1.54, 1.807) is 6.07 Å². The molecular formula is C19H16FN3O5. The molecule has 28 heavy (non-hydrogen) atoms. The summed E-state index contributed by atoms with van der Waals surface area (Å²) in [6.07, 6.45) is 2.66. The Hall–Kier alpha value is -3.69. The van der Waals surface area contributed by atoms with Crippen LogP contribution >= 0.6 is 0 Å². The molecule has 1 aromatic rings. The van der Waals surface area contributed by atoms with E-state index in [9.17, 15) is 19.1 Å². The average molecular weight is 385 g/mol. The molecule has 0 spiro atoms. The van der Waals surface area contributed by atoms with Gasteiger partial charge in [0.2, 0.25) is 0 Å². The summed E-state index contributed by atoms with van der Waals surface area (Å²) in [5, 5.41) is 30.1. The van der Waals surface area contributed by atoms with Crippen molar-refractivity contribution in [2.75, 3.05) is 13.7 Å². The molecule has 1 aromatic carbocycles. The molecule has 0 fully saturated rings. The summed E-state index contributed by atoms with van der Waals surface area (Å²) in [4.78, 5) is 23.8. The lowest BCUT2D eigenvalue weighted by Gasteiger charge is -2.20. The van der Waals surface area contributed by atoms with Gasteiger partial charge in [0.1, 0.15) is 24.2 Å². The number of aliphatic hydroxyl groups is 1. The van der Waals surface area contributed by atoms with Crippen LogP contribution in [0.5, 0.6) is 5.75 Å². The summed E-state index contributed by atoms with van der Waals surface area (Å²) in [7, 11) is 1.19. The van der Waals surface area contributed by atoms with Crippen LogP contribution < -0.4 is 10.1 Å². The molecule has 0 aromatic heterocycles. The largest absolute Gasteiger partial charge is 0.490 e. The molecule has 2 unspecified atom stereocenters. The molecule has 2 rings (SSSR count). The molecule has 9 heteroatoms. The number of rotatable bonds is 6.